The van der Waals surface area contributed by atoms with Crippen LogP contribution < -0.4 is 5.32 Å². The van der Waals surface area contributed by atoms with Gasteiger partial charge >= 0.3 is 6.09 Å². The lowest BCUT2D eigenvalue weighted by molar-refractivity contribution is -0.127. The van der Waals surface area contributed by atoms with E-state index in [9.17, 15) is 9.59 Å². The third-order valence-corrected chi connectivity index (χ3v) is 2.07. The molecule has 1 heterocycles. The summed E-state index contributed by atoms with van der Waals surface area (Å²) in [6, 6.07) is -0.435. The number of nitrogens with zero attached hydrogens (tertiary/aromatic N) is 1. The normalized spacial score (nSPS) is 22.1. The molecular formula is C9H16N2O3. The van der Waals surface area contributed by atoms with Crippen LogP contribution in [-0.4, -0.2) is 42.1 Å². The number of piperazine rings is 1. The van der Waals surface area contributed by atoms with Gasteiger partial charge in [0.25, 0.3) is 0 Å². The van der Waals surface area contributed by atoms with Gasteiger partial charge in [-0.3, -0.25) is 9.69 Å². The van der Waals surface area contributed by atoms with Crippen LogP contribution >= 0.6 is 0 Å². The van der Waals surface area contributed by atoms with Crippen molar-refractivity contribution in [3.05, 3.63) is 0 Å². The summed E-state index contributed by atoms with van der Waals surface area (Å²) < 4.78 is 5.02. The second-order valence-corrected chi connectivity index (χ2v) is 3.59. The molecule has 5 heteroatoms. The highest BCUT2D eigenvalue weighted by atomic mass is 16.6. The number of nitrogens with one attached hydrogen (secondary N) is 1. The van der Waals surface area contributed by atoms with Gasteiger partial charge in [-0.25, -0.2) is 4.79 Å². The second kappa shape index (κ2) is 4.30. The lowest BCUT2D eigenvalue weighted by Gasteiger charge is -2.32. The molecule has 0 aromatic carbocycles. The molecule has 80 valence electrons. The molecule has 0 saturated carbocycles. The molecule has 1 rings (SSSR count). The van der Waals surface area contributed by atoms with Gasteiger partial charge in [0.2, 0.25) is 5.91 Å². The summed E-state index contributed by atoms with van der Waals surface area (Å²) in [5.41, 5.74) is 0. The Hall–Kier alpha value is -1.26. The highest BCUT2D eigenvalue weighted by molar-refractivity contribution is 5.86. The van der Waals surface area contributed by atoms with Gasteiger partial charge in [-0.15, -0.1) is 0 Å². The minimum Gasteiger partial charge on any atom is -0.447 e. The van der Waals surface area contributed by atoms with Gasteiger partial charge in [-0.1, -0.05) is 0 Å². The molecule has 0 aliphatic carbocycles. The largest absolute Gasteiger partial charge is 0.447 e. The average Bonchev–Trinajstić information content (AvgIpc) is 2.08. The maximum absolute atomic E-state index is 11.5. The van der Waals surface area contributed by atoms with Gasteiger partial charge in [-0.2, -0.15) is 0 Å². The average molecular weight is 200 g/mol. The molecule has 5 nitrogen and oxygen atoms in total. The molecule has 14 heavy (non-hydrogen) atoms. The van der Waals surface area contributed by atoms with Gasteiger partial charge in [0.15, 0.2) is 0 Å². The summed E-state index contributed by atoms with van der Waals surface area (Å²) in [5, 5.41) is 2.68. The SMILES string of the molecule is CC(C)OC(=O)N1CCNC(=O)C1C. The molecule has 0 radical (unpaired) electrons. The summed E-state index contributed by atoms with van der Waals surface area (Å²) >= 11 is 0. The summed E-state index contributed by atoms with van der Waals surface area (Å²) in [6.45, 7) is 6.27. The van der Waals surface area contributed by atoms with Crippen molar-refractivity contribution in [3.63, 3.8) is 0 Å². The van der Waals surface area contributed by atoms with Crippen LogP contribution in [0.3, 0.4) is 0 Å². The van der Waals surface area contributed by atoms with Crippen molar-refractivity contribution in [2.75, 3.05) is 13.1 Å². The highest BCUT2D eigenvalue weighted by Gasteiger charge is 2.30. The Balaban J connectivity index is 2.57. The highest BCUT2D eigenvalue weighted by Crippen LogP contribution is 2.07. The van der Waals surface area contributed by atoms with E-state index < -0.39 is 12.1 Å². The van der Waals surface area contributed by atoms with E-state index in [-0.39, 0.29) is 12.0 Å². The Morgan fingerprint density at radius 3 is 2.86 bits per heavy atom. The number of carbonyl (C=O) groups is 2. The Kier molecular flexibility index (Phi) is 3.33. The topological polar surface area (TPSA) is 58.6 Å². The molecule has 1 saturated heterocycles. The fourth-order valence-electron chi connectivity index (χ4n) is 1.30. The van der Waals surface area contributed by atoms with Crippen LogP contribution in [0.1, 0.15) is 20.8 Å². The Morgan fingerprint density at radius 1 is 1.64 bits per heavy atom. The van der Waals surface area contributed by atoms with Crippen molar-refractivity contribution in [1.29, 1.82) is 0 Å². The number of carbonyl (C=O) groups excluding carboxylic acids is 2. The first kappa shape index (κ1) is 10.8. The van der Waals surface area contributed by atoms with Crippen LogP contribution in [0.25, 0.3) is 0 Å². The van der Waals surface area contributed by atoms with E-state index in [1.165, 1.54) is 4.90 Å². The minimum atomic E-state index is -0.435. The first-order chi connectivity index (χ1) is 6.52. The van der Waals surface area contributed by atoms with Crippen LogP contribution in [0, 0.1) is 0 Å². The predicted octanol–water partition coefficient (Wildman–Crippen LogP) is 0.352. The molecule has 1 N–H and O–H groups in total. The molecule has 2 amide bonds. The van der Waals surface area contributed by atoms with Crippen molar-refractivity contribution in [2.45, 2.75) is 32.9 Å². The zero-order chi connectivity index (χ0) is 10.7. The molecule has 1 aliphatic rings. The molecule has 1 unspecified atom stereocenters. The number of ether oxygens (including phenoxy) is 1. The molecule has 0 aromatic heterocycles. The van der Waals surface area contributed by atoms with Crippen LogP contribution in [0.4, 0.5) is 4.79 Å². The summed E-state index contributed by atoms with van der Waals surface area (Å²) in [5.74, 6) is -0.128. The van der Waals surface area contributed by atoms with Crippen LogP contribution in [0.15, 0.2) is 0 Å². The van der Waals surface area contributed by atoms with Gasteiger partial charge < -0.3 is 10.1 Å². The molecule has 1 aliphatic heterocycles. The second-order valence-electron chi connectivity index (χ2n) is 3.59. The maximum atomic E-state index is 11.5. The Morgan fingerprint density at radius 2 is 2.29 bits per heavy atom. The molecule has 0 aromatic rings. The van der Waals surface area contributed by atoms with E-state index in [0.29, 0.717) is 13.1 Å². The predicted molar refractivity (Wildman–Crippen MR) is 50.8 cm³/mol. The van der Waals surface area contributed by atoms with E-state index in [0.717, 1.165) is 0 Å². The number of rotatable bonds is 1. The van der Waals surface area contributed by atoms with Gasteiger partial charge in [0.1, 0.15) is 6.04 Å². The molecular weight excluding hydrogens is 184 g/mol. The zero-order valence-corrected chi connectivity index (χ0v) is 8.74. The molecule has 1 atom stereocenters. The number of hydrogen-bond donors (Lipinski definition) is 1. The van der Waals surface area contributed by atoms with E-state index in [1.807, 2.05) is 0 Å². The van der Waals surface area contributed by atoms with Gasteiger partial charge in [0.05, 0.1) is 6.10 Å². The van der Waals surface area contributed by atoms with Crippen molar-refractivity contribution in [2.24, 2.45) is 0 Å². The van der Waals surface area contributed by atoms with Crippen LogP contribution in [-0.2, 0) is 9.53 Å². The maximum Gasteiger partial charge on any atom is 0.410 e. The molecule has 0 spiro atoms. The third-order valence-electron chi connectivity index (χ3n) is 2.07. The molecule has 0 bridgehead atoms. The van der Waals surface area contributed by atoms with Gasteiger partial charge in [-0.05, 0) is 20.8 Å². The van der Waals surface area contributed by atoms with E-state index >= 15 is 0 Å². The Bertz CT molecular complexity index is 240. The van der Waals surface area contributed by atoms with Crippen LogP contribution in [0.5, 0.6) is 0 Å². The Labute approximate surface area is 83.4 Å². The zero-order valence-electron chi connectivity index (χ0n) is 8.74. The lowest BCUT2D eigenvalue weighted by atomic mass is 10.2. The van der Waals surface area contributed by atoms with E-state index in [2.05, 4.69) is 5.32 Å². The first-order valence-corrected chi connectivity index (χ1v) is 4.77. The van der Waals surface area contributed by atoms with Crippen molar-refractivity contribution in [1.82, 2.24) is 10.2 Å². The monoisotopic (exact) mass is 200 g/mol. The fraction of sp³-hybridized carbons (Fsp3) is 0.778. The number of amides is 2. The quantitative estimate of drug-likeness (QED) is 0.664. The fourth-order valence-corrected chi connectivity index (χ4v) is 1.30. The van der Waals surface area contributed by atoms with E-state index in [4.69, 9.17) is 4.74 Å². The minimum absolute atomic E-state index is 0.128. The lowest BCUT2D eigenvalue weighted by Crippen LogP contribution is -2.56. The van der Waals surface area contributed by atoms with Crippen LogP contribution in [0.2, 0.25) is 0 Å². The summed E-state index contributed by atoms with van der Waals surface area (Å²) in [4.78, 5) is 24.2. The van der Waals surface area contributed by atoms with E-state index in [1.54, 1.807) is 20.8 Å². The first-order valence-electron chi connectivity index (χ1n) is 4.77. The smallest absolute Gasteiger partial charge is 0.410 e. The number of hydrogen-bond acceptors (Lipinski definition) is 3. The third kappa shape index (κ3) is 2.37. The van der Waals surface area contributed by atoms with Crippen molar-refractivity contribution in [3.8, 4) is 0 Å². The van der Waals surface area contributed by atoms with Crippen molar-refractivity contribution >= 4 is 12.0 Å². The van der Waals surface area contributed by atoms with Crippen molar-refractivity contribution < 1.29 is 14.3 Å². The molecule has 1 fully saturated rings. The summed E-state index contributed by atoms with van der Waals surface area (Å²) in [7, 11) is 0. The van der Waals surface area contributed by atoms with Gasteiger partial charge in [0, 0.05) is 13.1 Å². The summed E-state index contributed by atoms with van der Waals surface area (Å²) in [6.07, 6.45) is -0.568. The standard InChI is InChI=1S/C9H16N2O3/c1-6(2)14-9(13)11-5-4-10-8(12)7(11)3/h6-7H,4-5H2,1-3H3,(H,10,12).